The highest BCUT2D eigenvalue weighted by Gasteiger charge is 2.40. The van der Waals surface area contributed by atoms with Crippen LogP contribution in [0.4, 0.5) is 0 Å². The maximum atomic E-state index is 3.72. The van der Waals surface area contributed by atoms with Crippen LogP contribution in [0.1, 0.15) is 32.3 Å². The highest BCUT2D eigenvalue weighted by Crippen LogP contribution is 2.37. The molecule has 3 rings (SSSR count). The summed E-state index contributed by atoms with van der Waals surface area (Å²) in [4.78, 5) is 2.74. The fourth-order valence-corrected chi connectivity index (χ4v) is 3.30. The van der Waals surface area contributed by atoms with Crippen molar-refractivity contribution in [1.29, 1.82) is 0 Å². The van der Waals surface area contributed by atoms with Crippen LogP contribution in [-0.2, 0) is 6.42 Å². The van der Waals surface area contributed by atoms with Gasteiger partial charge in [-0.15, -0.1) is 0 Å². The van der Waals surface area contributed by atoms with Crippen molar-refractivity contribution < 1.29 is 0 Å². The lowest BCUT2D eigenvalue weighted by atomic mass is 9.96. The number of nitrogens with one attached hydrogen (secondary N) is 1. The number of piperazine rings is 1. The molecule has 1 unspecified atom stereocenters. The molecule has 104 valence electrons. The standard InChI is InChI=1S/C17H26N2/c1-17(2)13-19(16(12-18-17)15-8-9-15)11-10-14-6-4-3-5-7-14/h3-7,15-16,18H,8-13H2,1-2H3. The van der Waals surface area contributed by atoms with Gasteiger partial charge in [-0.25, -0.2) is 0 Å². The summed E-state index contributed by atoms with van der Waals surface area (Å²) in [6.45, 7) is 8.21. The van der Waals surface area contributed by atoms with Crippen molar-refractivity contribution in [2.75, 3.05) is 19.6 Å². The van der Waals surface area contributed by atoms with E-state index < -0.39 is 0 Å². The molecular formula is C17H26N2. The van der Waals surface area contributed by atoms with E-state index in [2.05, 4.69) is 54.4 Å². The average molecular weight is 258 g/mol. The van der Waals surface area contributed by atoms with Crippen molar-refractivity contribution >= 4 is 0 Å². The Bertz CT molecular complexity index is 409. The molecule has 0 bridgehead atoms. The van der Waals surface area contributed by atoms with E-state index in [4.69, 9.17) is 0 Å². The molecule has 0 aromatic heterocycles. The monoisotopic (exact) mass is 258 g/mol. The van der Waals surface area contributed by atoms with Gasteiger partial charge in [0.25, 0.3) is 0 Å². The molecule has 1 aromatic rings. The van der Waals surface area contributed by atoms with Gasteiger partial charge >= 0.3 is 0 Å². The van der Waals surface area contributed by atoms with Crippen LogP contribution in [0.2, 0.25) is 0 Å². The minimum atomic E-state index is 0.266. The van der Waals surface area contributed by atoms with E-state index in [1.165, 1.54) is 44.5 Å². The van der Waals surface area contributed by atoms with Crippen molar-refractivity contribution in [3.8, 4) is 0 Å². The number of nitrogens with zero attached hydrogens (tertiary/aromatic N) is 1. The van der Waals surface area contributed by atoms with Crippen molar-refractivity contribution in [1.82, 2.24) is 10.2 Å². The van der Waals surface area contributed by atoms with Crippen LogP contribution in [0, 0.1) is 5.92 Å². The van der Waals surface area contributed by atoms with E-state index in [0.29, 0.717) is 0 Å². The molecule has 1 N–H and O–H groups in total. The molecule has 1 saturated heterocycles. The molecule has 0 spiro atoms. The molecule has 0 radical (unpaired) electrons. The third kappa shape index (κ3) is 3.37. The summed E-state index contributed by atoms with van der Waals surface area (Å²) >= 11 is 0. The Labute approximate surface area is 117 Å². The van der Waals surface area contributed by atoms with E-state index in [9.17, 15) is 0 Å². The van der Waals surface area contributed by atoms with Crippen LogP contribution < -0.4 is 5.32 Å². The lowest BCUT2D eigenvalue weighted by Gasteiger charge is -2.45. The van der Waals surface area contributed by atoms with Gasteiger partial charge in [0.05, 0.1) is 0 Å². The van der Waals surface area contributed by atoms with Crippen molar-refractivity contribution in [3.05, 3.63) is 35.9 Å². The summed E-state index contributed by atoms with van der Waals surface area (Å²) in [5, 5.41) is 3.72. The van der Waals surface area contributed by atoms with Gasteiger partial charge in [0.2, 0.25) is 0 Å². The van der Waals surface area contributed by atoms with E-state index in [-0.39, 0.29) is 5.54 Å². The Balaban J connectivity index is 1.62. The molecule has 2 heteroatoms. The first-order valence-corrected chi connectivity index (χ1v) is 7.67. The minimum absolute atomic E-state index is 0.266. The van der Waals surface area contributed by atoms with Crippen molar-refractivity contribution in [2.45, 2.75) is 44.7 Å². The van der Waals surface area contributed by atoms with Gasteiger partial charge in [-0.1, -0.05) is 30.3 Å². The molecule has 1 aromatic carbocycles. The lowest BCUT2D eigenvalue weighted by molar-refractivity contribution is 0.0839. The fourth-order valence-electron chi connectivity index (χ4n) is 3.30. The van der Waals surface area contributed by atoms with Gasteiger partial charge in [0, 0.05) is 31.2 Å². The zero-order valence-corrected chi connectivity index (χ0v) is 12.2. The maximum Gasteiger partial charge on any atom is 0.0252 e. The molecule has 1 atom stereocenters. The topological polar surface area (TPSA) is 15.3 Å². The normalized spacial score (nSPS) is 27.4. The second-order valence-corrected chi connectivity index (χ2v) is 6.88. The van der Waals surface area contributed by atoms with Gasteiger partial charge in [-0.05, 0) is 44.6 Å². The van der Waals surface area contributed by atoms with Crippen LogP contribution in [0.5, 0.6) is 0 Å². The molecule has 2 fully saturated rings. The first kappa shape index (κ1) is 13.1. The number of rotatable bonds is 4. The Morgan fingerprint density at radius 2 is 1.95 bits per heavy atom. The summed E-state index contributed by atoms with van der Waals surface area (Å²) < 4.78 is 0. The van der Waals surface area contributed by atoms with E-state index in [0.717, 1.165) is 12.0 Å². The number of benzene rings is 1. The molecule has 0 amide bonds. The summed E-state index contributed by atoms with van der Waals surface area (Å²) in [7, 11) is 0. The smallest absolute Gasteiger partial charge is 0.0252 e. The SMILES string of the molecule is CC1(C)CN(CCc2ccccc2)C(C2CC2)CN1. The maximum absolute atomic E-state index is 3.72. The molecule has 1 aliphatic carbocycles. The predicted molar refractivity (Wildman–Crippen MR) is 80.3 cm³/mol. The molecular weight excluding hydrogens is 232 g/mol. The molecule has 19 heavy (non-hydrogen) atoms. The highest BCUT2D eigenvalue weighted by molar-refractivity contribution is 5.15. The largest absolute Gasteiger partial charge is 0.309 e. The second-order valence-electron chi connectivity index (χ2n) is 6.88. The van der Waals surface area contributed by atoms with Crippen LogP contribution in [-0.4, -0.2) is 36.1 Å². The summed E-state index contributed by atoms with van der Waals surface area (Å²) in [6.07, 6.45) is 4.06. The van der Waals surface area contributed by atoms with Crippen molar-refractivity contribution in [3.63, 3.8) is 0 Å². The fraction of sp³-hybridized carbons (Fsp3) is 0.647. The Morgan fingerprint density at radius 3 is 2.63 bits per heavy atom. The number of hydrogen-bond donors (Lipinski definition) is 1. The van der Waals surface area contributed by atoms with Crippen LogP contribution in [0.3, 0.4) is 0 Å². The Morgan fingerprint density at radius 1 is 1.21 bits per heavy atom. The van der Waals surface area contributed by atoms with Gasteiger partial charge in [-0.3, -0.25) is 4.90 Å². The van der Waals surface area contributed by atoms with E-state index in [1.807, 2.05) is 0 Å². The van der Waals surface area contributed by atoms with Gasteiger partial charge in [-0.2, -0.15) is 0 Å². The first-order valence-electron chi connectivity index (χ1n) is 7.67. The van der Waals surface area contributed by atoms with Crippen LogP contribution in [0.25, 0.3) is 0 Å². The predicted octanol–water partition coefficient (Wildman–Crippen LogP) is 2.69. The minimum Gasteiger partial charge on any atom is -0.309 e. The van der Waals surface area contributed by atoms with Crippen LogP contribution >= 0.6 is 0 Å². The zero-order chi connectivity index (χ0) is 13.3. The summed E-state index contributed by atoms with van der Waals surface area (Å²) in [5.41, 5.74) is 1.73. The number of hydrogen-bond acceptors (Lipinski definition) is 2. The Hall–Kier alpha value is -0.860. The lowest BCUT2D eigenvalue weighted by Crippen LogP contribution is -2.62. The third-order valence-electron chi connectivity index (χ3n) is 4.55. The summed E-state index contributed by atoms with van der Waals surface area (Å²) in [5.74, 6) is 0.958. The highest BCUT2D eigenvalue weighted by atomic mass is 15.3. The average Bonchev–Trinajstić information content (AvgIpc) is 3.21. The first-order chi connectivity index (χ1) is 9.14. The molecule has 1 saturated carbocycles. The van der Waals surface area contributed by atoms with Crippen molar-refractivity contribution in [2.24, 2.45) is 5.92 Å². The van der Waals surface area contributed by atoms with Gasteiger partial charge < -0.3 is 5.32 Å². The third-order valence-corrected chi connectivity index (χ3v) is 4.55. The van der Waals surface area contributed by atoms with Gasteiger partial charge in [0.1, 0.15) is 0 Å². The molecule has 1 aliphatic heterocycles. The Kier molecular flexibility index (Phi) is 3.64. The quantitative estimate of drug-likeness (QED) is 0.893. The zero-order valence-electron chi connectivity index (χ0n) is 12.2. The van der Waals surface area contributed by atoms with E-state index >= 15 is 0 Å². The molecule has 1 heterocycles. The van der Waals surface area contributed by atoms with E-state index in [1.54, 1.807) is 0 Å². The molecule has 2 aliphatic rings. The van der Waals surface area contributed by atoms with Crippen LogP contribution in [0.15, 0.2) is 30.3 Å². The second kappa shape index (κ2) is 5.26. The summed E-state index contributed by atoms with van der Waals surface area (Å²) in [6, 6.07) is 11.7. The molecule has 2 nitrogen and oxygen atoms in total. The van der Waals surface area contributed by atoms with Gasteiger partial charge in [0.15, 0.2) is 0 Å².